The van der Waals surface area contributed by atoms with Crippen LogP contribution in [0, 0.1) is 0 Å². The van der Waals surface area contributed by atoms with Crippen LogP contribution in [0.3, 0.4) is 0 Å². The predicted octanol–water partition coefficient (Wildman–Crippen LogP) is 3.40. The molecule has 9 heteroatoms. The number of likely N-dealkylation sites (N-methyl/N-ethyl adjacent to an activating group) is 1. The highest BCUT2D eigenvalue weighted by molar-refractivity contribution is 7.18. The minimum atomic E-state index is -0.442. The van der Waals surface area contributed by atoms with Gasteiger partial charge in [-0.15, -0.1) is 11.3 Å². The summed E-state index contributed by atoms with van der Waals surface area (Å²) in [5, 5.41) is 0.905. The van der Waals surface area contributed by atoms with Gasteiger partial charge in [-0.1, -0.05) is 42.5 Å². The summed E-state index contributed by atoms with van der Waals surface area (Å²) in [5.41, 5.74) is 2.08. The Morgan fingerprint density at radius 3 is 2.50 bits per heavy atom. The zero-order valence-electron chi connectivity index (χ0n) is 22.2. The molecule has 0 spiro atoms. The quantitative estimate of drug-likeness (QED) is 0.375. The molecule has 0 unspecified atom stereocenters. The van der Waals surface area contributed by atoms with Crippen LogP contribution in [-0.4, -0.2) is 89.4 Å². The second-order valence-corrected chi connectivity index (χ2v) is 10.5. The standard InChI is InChI=1S/C29H36N4O4S/c1-3-31(4-2)29(36)21-37-23-18-32(17-16-22-10-6-5-7-11-22)28(35)20-33(19-23)27(34)15-14-26-30-24-12-8-9-13-25(24)38-26/h5-13,23H,3-4,14-21H2,1-2H3/t23-/m1/s1. The van der Waals surface area contributed by atoms with Crippen LogP contribution in [0.15, 0.2) is 54.6 Å². The number of aryl methyl sites for hydroxylation is 1. The first-order chi connectivity index (χ1) is 18.5. The molecular weight excluding hydrogens is 500 g/mol. The van der Waals surface area contributed by atoms with Crippen LogP contribution in [0.4, 0.5) is 0 Å². The van der Waals surface area contributed by atoms with Crippen molar-refractivity contribution in [1.82, 2.24) is 19.7 Å². The van der Waals surface area contributed by atoms with E-state index in [4.69, 9.17) is 4.74 Å². The number of hydrogen-bond donors (Lipinski definition) is 0. The molecule has 2 aromatic carbocycles. The largest absolute Gasteiger partial charge is 0.365 e. The van der Waals surface area contributed by atoms with Crippen molar-refractivity contribution in [3.8, 4) is 0 Å². The Morgan fingerprint density at radius 1 is 1.03 bits per heavy atom. The number of fused-ring (bicyclic) bond motifs is 1. The van der Waals surface area contributed by atoms with Gasteiger partial charge in [0.05, 0.1) is 27.9 Å². The number of amides is 3. The Kier molecular flexibility index (Phi) is 9.84. The molecule has 3 amide bonds. The summed E-state index contributed by atoms with van der Waals surface area (Å²) < 4.78 is 7.13. The smallest absolute Gasteiger partial charge is 0.248 e. The fraction of sp³-hybridized carbons (Fsp3) is 0.448. The molecule has 0 N–H and O–H groups in total. The first kappa shape index (κ1) is 27.7. The average Bonchev–Trinajstić information content (AvgIpc) is 3.28. The van der Waals surface area contributed by atoms with Gasteiger partial charge in [-0.2, -0.15) is 0 Å². The van der Waals surface area contributed by atoms with Crippen molar-refractivity contribution in [1.29, 1.82) is 0 Å². The van der Waals surface area contributed by atoms with Gasteiger partial charge in [-0.3, -0.25) is 14.4 Å². The third kappa shape index (κ3) is 7.39. The summed E-state index contributed by atoms with van der Waals surface area (Å²) in [6.45, 7) is 6.18. The number of nitrogens with zero attached hydrogens (tertiary/aromatic N) is 4. The van der Waals surface area contributed by atoms with Gasteiger partial charge in [0.15, 0.2) is 0 Å². The van der Waals surface area contributed by atoms with Gasteiger partial charge in [-0.25, -0.2) is 4.98 Å². The minimum absolute atomic E-state index is 0.0112. The van der Waals surface area contributed by atoms with Crippen molar-refractivity contribution >= 4 is 39.3 Å². The summed E-state index contributed by atoms with van der Waals surface area (Å²) in [4.78, 5) is 48.7. The second kappa shape index (κ2) is 13.5. The van der Waals surface area contributed by atoms with E-state index in [2.05, 4.69) is 4.98 Å². The first-order valence-electron chi connectivity index (χ1n) is 13.3. The van der Waals surface area contributed by atoms with Crippen LogP contribution < -0.4 is 0 Å². The van der Waals surface area contributed by atoms with E-state index >= 15 is 0 Å². The molecule has 0 saturated carbocycles. The molecule has 1 fully saturated rings. The summed E-state index contributed by atoms with van der Waals surface area (Å²) in [5.74, 6) is -0.295. The predicted molar refractivity (Wildman–Crippen MR) is 149 cm³/mol. The van der Waals surface area contributed by atoms with E-state index in [9.17, 15) is 14.4 Å². The molecule has 0 bridgehead atoms. The monoisotopic (exact) mass is 536 g/mol. The maximum absolute atomic E-state index is 13.3. The number of ether oxygens (including phenoxy) is 1. The van der Waals surface area contributed by atoms with Crippen LogP contribution in [0.5, 0.6) is 0 Å². The highest BCUT2D eigenvalue weighted by atomic mass is 32.1. The lowest BCUT2D eigenvalue weighted by molar-refractivity contribution is -0.139. The molecule has 8 nitrogen and oxygen atoms in total. The van der Waals surface area contributed by atoms with Gasteiger partial charge in [0.1, 0.15) is 6.61 Å². The van der Waals surface area contributed by atoms with Crippen LogP contribution >= 0.6 is 11.3 Å². The maximum atomic E-state index is 13.3. The van der Waals surface area contributed by atoms with Crippen LogP contribution in [0.25, 0.3) is 10.2 Å². The lowest BCUT2D eigenvalue weighted by Gasteiger charge is -2.26. The Balaban J connectivity index is 1.42. The SMILES string of the molecule is CCN(CC)C(=O)CO[C@@H]1CN(CCc2ccccc2)C(=O)CN(C(=O)CCc2nc3ccccc3s2)C1. The molecule has 1 atom stereocenters. The lowest BCUT2D eigenvalue weighted by atomic mass is 10.1. The van der Waals surface area contributed by atoms with Gasteiger partial charge < -0.3 is 19.4 Å². The third-order valence-corrected chi connectivity index (χ3v) is 7.94. The highest BCUT2D eigenvalue weighted by Gasteiger charge is 2.31. The van der Waals surface area contributed by atoms with Gasteiger partial charge in [0.25, 0.3) is 0 Å². The Labute approximate surface area is 228 Å². The topological polar surface area (TPSA) is 83.0 Å². The molecule has 1 saturated heterocycles. The fourth-order valence-corrected chi connectivity index (χ4v) is 5.62. The zero-order valence-corrected chi connectivity index (χ0v) is 23.0. The molecule has 38 heavy (non-hydrogen) atoms. The number of thiazole rings is 1. The van der Waals surface area contributed by atoms with E-state index in [0.717, 1.165) is 20.8 Å². The van der Waals surface area contributed by atoms with Gasteiger partial charge in [0, 0.05) is 45.6 Å². The van der Waals surface area contributed by atoms with Crippen molar-refractivity contribution < 1.29 is 19.1 Å². The summed E-state index contributed by atoms with van der Waals surface area (Å²) in [6.07, 6.45) is 1.06. The lowest BCUT2D eigenvalue weighted by Crippen LogP contribution is -2.41. The number of hydrogen-bond acceptors (Lipinski definition) is 6. The molecule has 0 aliphatic carbocycles. The van der Waals surface area contributed by atoms with Gasteiger partial charge in [-0.05, 0) is 38.0 Å². The van der Waals surface area contributed by atoms with Gasteiger partial charge in [0.2, 0.25) is 17.7 Å². The van der Waals surface area contributed by atoms with Crippen molar-refractivity contribution in [2.75, 3.05) is 45.9 Å². The van der Waals surface area contributed by atoms with E-state index in [1.807, 2.05) is 68.4 Å². The van der Waals surface area contributed by atoms with Crippen LogP contribution in [0.1, 0.15) is 30.8 Å². The van der Waals surface area contributed by atoms with Crippen LogP contribution in [0.2, 0.25) is 0 Å². The van der Waals surface area contributed by atoms with Crippen molar-refractivity contribution in [2.24, 2.45) is 0 Å². The van der Waals surface area contributed by atoms with Crippen molar-refractivity contribution in [3.05, 3.63) is 65.2 Å². The molecule has 1 aliphatic rings. The van der Waals surface area contributed by atoms with E-state index in [1.165, 1.54) is 0 Å². The molecule has 1 aliphatic heterocycles. The van der Waals surface area contributed by atoms with E-state index in [0.29, 0.717) is 39.0 Å². The second-order valence-electron chi connectivity index (χ2n) is 9.42. The van der Waals surface area contributed by atoms with Gasteiger partial charge >= 0.3 is 0 Å². The normalized spacial score (nSPS) is 16.1. The average molecular weight is 537 g/mol. The van der Waals surface area contributed by atoms with Crippen molar-refractivity contribution in [3.63, 3.8) is 0 Å². The van der Waals surface area contributed by atoms with Crippen molar-refractivity contribution in [2.45, 2.75) is 39.2 Å². The fourth-order valence-electron chi connectivity index (χ4n) is 4.65. The summed E-state index contributed by atoms with van der Waals surface area (Å²) in [7, 11) is 0. The number of aromatic nitrogens is 1. The van der Waals surface area contributed by atoms with E-state index in [-0.39, 0.29) is 43.8 Å². The zero-order chi connectivity index (χ0) is 26.9. The molecule has 1 aromatic heterocycles. The number of carbonyl (C=O) groups is 3. The number of para-hydroxylation sites is 1. The third-order valence-electron chi connectivity index (χ3n) is 6.84. The molecular formula is C29H36N4O4S. The van der Waals surface area contributed by atoms with Crippen LogP contribution in [-0.2, 0) is 32.0 Å². The number of benzene rings is 2. The molecule has 4 rings (SSSR count). The number of carbonyl (C=O) groups excluding carboxylic acids is 3. The Hall–Kier alpha value is -3.30. The van der Waals surface area contributed by atoms with E-state index in [1.54, 1.807) is 26.0 Å². The molecule has 2 heterocycles. The van der Waals surface area contributed by atoms with E-state index < -0.39 is 6.10 Å². The Morgan fingerprint density at radius 2 is 1.76 bits per heavy atom. The molecule has 3 aromatic rings. The molecule has 202 valence electrons. The summed E-state index contributed by atoms with van der Waals surface area (Å²) in [6, 6.07) is 17.9. The number of rotatable bonds is 11. The minimum Gasteiger partial charge on any atom is -0.365 e. The molecule has 0 radical (unpaired) electrons. The Bertz CT molecular complexity index is 1190. The summed E-state index contributed by atoms with van der Waals surface area (Å²) >= 11 is 1.59. The first-order valence-corrected chi connectivity index (χ1v) is 14.1. The highest BCUT2D eigenvalue weighted by Crippen LogP contribution is 2.23. The maximum Gasteiger partial charge on any atom is 0.248 e.